The average Bonchev–Trinajstić information content (AvgIpc) is 3.14. The highest BCUT2D eigenvalue weighted by atomic mass is 19.4. The number of carbonyl (C=O) groups is 2. The van der Waals surface area contributed by atoms with E-state index in [9.17, 15) is 22.8 Å². The third-order valence-electron chi connectivity index (χ3n) is 6.45. The van der Waals surface area contributed by atoms with Crippen LogP contribution in [0.5, 0.6) is 5.75 Å². The molecule has 6 nitrogen and oxygen atoms in total. The van der Waals surface area contributed by atoms with E-state index in [2.05, 4.69) is 17.0 Å². The predicted molar refractivity (Wildman–Crippen MR) is 96.2 cm³/mol. The fraction of sp³-hybridized carbons (Fsp3) is 0.600. The monoisotopic (exact) mass is 412 g/mol. The number of amides is 2. The van der Waals surface area contributed by atoms with Gasteiger partial charge in [0.05, 0.1) is 12.5 Å². The second-order valence-corrected chi connectivity index (χ2v) is 8.38. The highest BCUT2D eigenvalue weighted by Gasteiger charge is 2.67. The van der Waals surface area contributed by atoms with Crippen LogP contribution in [0.25, 0.3) is 0 Å². The van der Waals surface area contributed by atoms with E-state index >= 15 is 0 Å². The third-order valence-corrected chi connectivity index (χ3v) is 6.45. The van der Waals surface area contributed by atoms with Gasteiger partial charge >= 0.3 is 12.5 Å². The SMILES string of the molecule is Cc1ccc([C@H]2[C@@H]3CN(C(=O)[C@@H]4CCOC(=O)NC4)C[C@@]32C)cc1OC(F)(F)F. The molecular weight excluding hydrogens is 389 g/mol. The van der Waals surface area contributed by atoms with Gasteiger partial charge in [0.2, 0.25) is 5.91 Å². The molecule has 9 heteroatoms. The number of halogens is 3. The molecule has 1 aromatic rings. The lowest BCUT2D eigenvalue weighted by Gasteiger charge is -2.26. The van der Waals surface area contributed by atoms with Gasteiger partial charge in [-0.3, -0.25) is 4.79 Å². The number of nitrogens with one attached hydrogen (secondary N) is 1. The molecule has 29 heavy (non-hydrogen) atoms. The third kappa shape index (κ3) is 3.74. The molecule has 0 unspecified atom stereocenters. The van der Waals surface area contributed by atoms with Gasteiger partial charge in [-0.15, -0.1) is 13.2 Å². The minimum atomic E-state index is -4.73. The molecule has 2 saturated heterocycles. The number of ether oxygens (including phenoxy) is 2. The standard InChI is InChI=1S/C20H23F3N2O4/c1-11-3-4-12(7-15(11)29-20(21,22)23)16-14-9-25(10-19(14,16)2)17(26)13-5-6-28-18(27)24-8-13/h3-4,7,13-14,16H,5-6,8-10H2,1-2H3,(H,24,27)/t13-,14+,16+,19+/m1/s1. The topological polar surface area (TPSA) is 67.9 Å². The van der Waals surface area contributed by atoms with Crippen molar-refractivity contribution in [1.29, 1.82) is 0 Å². The summed E-state index contributed by atoms with van der Waals surface area (Å²) in [6.45, 7) is 5.23. The number of fused-ring (bicyclic) bond motifs is 1. The largest absolute Gasteiger partial charge is 0.573 e. The van der Waals surface area contributed by atoms with Gasteiger partial charge in [-0.1, -0.05) is 19.1 Å². The Balaban J connectivity index is 1.43. The second kappa shape index (κ2) is 6.81. The van der Waals surface area contributed by atoms with E-state index in [0.29, 0.717) is 25.1 Å². The zero-order valence-corrected chi connectivity index (χ0v) is 16.2. The summed E-state index contributed by atoms with van der Waals surface area (Å²) in [6.07, 6.45) is -4.75. The van der Waals surface area contributed by atoms with Gasteiger partial charge in [0.25, 0.3) is 0 Å². The number of aryl methyl sites for hydroxylation is 1. The number of piperidine rings is 1. The fourth-order valence-corrected chi connectivity index (χ4v) is 4.85. The lowest BCUT2D eigenvalue weighted by atomic mass is 9.98. The molecule has 3 fully saturated rings. The maximum absolute atomic E-state index is 12.8. The first kappa shape index (κ1) is 19.8. The summed E-state index contributed by atoms with van der Waals surface area (Å²) in [5.74, 6) is -0.199. The second-order valence-electron chi connectivity index (χ2n) is 8.38. The fourth-order valence-electron chi connectivity index (χ4n) is 4.85. The number of rotatable bonds is 3. The van der Waals surface area contributed by atoms with Crippen molar-refractivity contribution < 1.29 is 32.2 Å². The van der Waals surface area contributed by atoms with Crippen molar-refractivity contribution in [2.45, 2.75) is 32.5 Å². The molecule has 2 heterocycles. The minimum absolute atomic E-state index is 0.00650. The van der Waals surface area contributed by atoms with Crippen LogP contribution in [0.2, 0.25) is 0 Å². The van der Waals surface area contributed by atoms with E-state index in [1.165, 1.54) is 6.07 Å². The molecule has 1 aliphatic carbocycles. The van der Waals surface area contributed by atoms with Crippen LogP contribution in [-0.4, -0.2) is 49.5 Å². The van der Waals surface area contributed by atoms with Crippen molar-refractivity contribution in [3.05, 3.63) is 29.3 Å². The summed E-state index contributed by atoms with van der Waals surface area (Å²) < 4.78 is 47.0. The van der Waals surface area contributed by atoms with Gasteiger partial charge in [0, 0.05) is 19.6 Å². The lowest BCUT2D eigenvalue weighted by molar-refractivity contribution is -0.274. The summed E-state index contributed by atoms with van der Waals surface area (Å²) in [5.41, 5.74) is 1.08. The van der Waals surface area contributed by atoms with Crippen molar-refractivity contribution in [3.8, 4) is 5.75 Å². The number of alkyl halides is 3. The highest BCUT2D eigenvalue weighted by molar-refractivity contribution is 5.81. The Labute approximate surface area is 166 Å². The number of carbonyl (C=O) groups excluding carboxylic acids is 2. The smallest absolute Gasteiger partial charge is 0.450 e. The van der Waals surface area contributed by atoms with Gasteiger partial charge in [-0.2, -0.15) is 0 Å². The predicted octanol–water partition coefficient (Wildman–Crippen LogP) is 3.20. The van der Waals surface area contributed by atoms with Gasteiger partial charge < -0.3 is 19.7 Å². The van der Waals surface area contributed by atoms with E-state index in [4.69, 9.17) is 4.74 Å². The number of cyclic esters (lactones) is 1. The molecule has 0 aromatic heterocycles. The van der Waals surface area contributed by atoms with Crippen LogP contribution in [0.15, 0.2) is 18.2 Å². The first-order valence-electron chi connectivity index (χ1n) is 9.64. The minimum Gasteiger partial charge on any atom is -0.450 e. The number of hydrogen-bond acceptors (Lipinski definition) is 4. The number of hydrogen-bond donors (Lipinski definition) is 1. The van der Waals surface area contributed by atoms with Gasteiger partial charge in [-0.05, 0) is 47.8 Å². The molecule has 2 aliphatic heterocycles. The van der Waals surface area contributed by atoms with Crippen molar-refractivity contribution in [2.24, 2.45) is 17.3 Å². The number of likely N-dealkylation sites (tertiary alicyclic amines) is 1. The maximum atomic E-state index is 12.8. The lowest BCUT2D eigenvalue weighted by Crippen LogP contribution is -2.41. The van der Waals surface area contributed by atoms with Crippen molar-refractivity contribution in [3.63, 3.8) is 0 Å². The van der Waals surface area contributed by atoms with E-state index in [-0.39, 0.29) is 48.0 Å². The summed E-state index contributed by atoms with van der Waals surface area (Å²) in [4.78, 5) is 25.9. The summed E-state index contributed by atoms with van der Waals surface area (Å²) in [6, 6.07) is 4.96. The quantitative estimate of drug-likeness (QED) is 0.828. The number of alkyl carbamates (subject to hydrolysis) is 1. The van der Waals surface area contributed by atoms with E-state index < -0.39 is 12.5 Å². The van der Waals surface area contributed by atoms with Gasteiger partial charge in [0.1, 0.15) is 5.75 Å². The van der Waals surface area contributed by atoms with E-state index in [1.807, 2.05) is 11.0 Å². The summed E-state index contributed by atoms with van der Waals surface area (Å²) in [5, 5.41) is 2.58. The zero-order valence-electron chi connectivity index (χ0n) is 16.2. The van der Waals surface area contributed by atoms with Crippen molar-refractivity contribution in [1.82, 2.24) is 10.2 Å². The van der Waals surface area contributed by atoms with Crippen molar-refractivity contribution in [2.75, 3.05) is 26.2 Å². The molecule has 1 saturated carbocycles. The molecule has 0 bridgehead atoms. The molecule has 0 radical (unpaired) electrons. The first-order valence-corrected chi connectivity index (χ1v) is 9.64. The molecule has 4 rings (SSSR count). The van der Waals surface area contributed by atoms with Crippen LogP contribution in [0.3, 0.4) is 0 Å². The van der Waals surface area contributed by atoms with Crippen LogP contribution in [0, 0.1) is 24.2 Å². The molecule has 1 aromatic carbocycles. The molecule has 158 valence electrons. The Bertz CT molecular complexity index is 844. The Kier molecular flexibility index (Phi) is 4.66. The number of nitrogens with zero attached hydrogens (tertiary/aromatic N) is 1. The Morgan fingerprint density at radius 3 is 2.79 bits per heavy atom. The van der Waals surface area contributed by atoms with Crippen LogP contribution in [0.4, 0.5) is 18.0 Å². The normalized spacial score (nSPS) is 31.4. The van der Waals surface area contributed by atoms with Gasteiger partial charge in [-0.25, -0.2) is 4.79 Å². The molecule has 3 aliphatic rings. The Morgan fingerprint density at radius 1 is 1.38 bits per heavy atom. The molecule has 2 amide bonds. The highest BCUT2D eigenvalue weighted by Crippen LogP contribution is 2.68. The maximum Gasteiger partial charge on any atom is 0.573 e. The Hall–Kier alpha value is -2.45. The average molecular weight is 412 g/mol. The van der Waals surface area contributed by atoms with Crippen molar-refractivity contribution >= 4 is 12.0 Å². The van der Waals surface area contributed by atoms with E-state index in [0.717, 1.165) is 5.56 Å². The number of benzene rings is 1. The van der Waals surface area contributed by atoms with Crippen LogP contribution in [-0.2, 0) is 9.53 Å². The summed E-state index contributed by atoms with van der Waals surface area (Å²) >= 11 is 0. The van der Waals surface area contributed by atoms with Crippen LogP contribution in [0.1, 0.15) is 30.4 Å². The Morgan fingerprint density at radius 2 is 2.14 bits per heavy atom. The zero-order chi connectivity index (χ0) is 21.0. The molecule has 0 spiro atoms. The van der Waals surface area contributed by atoms with Crippen LogP contribution >= 0.6 is 0 Å². The van der Waals surface area contributed by atoms with Crippen LogP contribution < -0.4 is 10.1 Å². The first-order chi connectivity index (χ1) is 13.6. The summed E-state index contributed by atoms with van der Waals surface area (Å²) in [7, 11) is 0. The molecular formula is C20H23F3N2O4. The van der Waals surface area contributed by atoms with Gasteiger partial charge in [0.15, 0.2) is 0 Å². The molecule has 4 atom stereocenters. The van der Waals surface area contributed by atoms with E-state index in [1.54, 1.807) is 13.0 Å². The molecule has 1 N–H and O–H groups in total.